The topological polar surface area (TPSA) is 29.5 Å². The van der Waals surface area contributed by atoms with Gasteiger partial charge in [-0.2, -0.15) is 0 Å². The highest BCUT2D eigenvalue weighted by Gasteiger charge is 2.38. The molecule has 0 aromatic rings. The lowest BCUT2D eigenvalue weighted by atomic mass is 9.86. The van der Waals surface area contributed by atoms with Gasteiger partial charge < -0.3 is 9.53 Å². The summed E-state index contributed by atoms with van der Waals surface area (Å²) < 4.78 is 6.33. The standard InChI is InChI=1S/C17H34O2Si/c1-13-8-10-15(16(18)11-9-13)14(2)12-19-20(6,7)17(3,4)5/h9,11,13-16,18H,8,10,12H2,1-7H3/t13-,14+,15-,16-/m0/s1. The van der Waals surface area contributed by atoms with Gasteiger partial charge in [-0.15, -0.1) is 0 Å². The van der Waals surface area contributed by atoms with Gasteiger partial charge in [0.15, 0.2) is 8.32 Å². The number of aliphatic hydroxyl groups is 1. The van der Waals surface area contributed by atoms with E-state index < -0.39 is 8.32 Å². The number of rotatable bonds is 4. The Labute approximate surface area is 126 Å². The third-order valence-corrected chi connectivity index (χ3v) is 9.78. The van der Waals surface area contributed by atoms with Crippen molar-refractivity contribution < 1.29 is 9.53 Å². The molecule has 2 nitrogen and oxygen atoms in total. The molecule has 1 aliphatic carbocycles. The van der Waals surface area contributed by atoms with Crippen LogP contribution in [-0.2, 0) is 4.43 Å². The molecule has 0 radical (unpaired) electrons. The summed E-state index contributed by atoms with van der Waals surface area (Å²) in [7, 11) is -1.68. The van der Waals surface area contributed by atoms with Crippen LogP contribution in [0.4, 0.5) is 0 Å². The fourth-order valence-electron chi connectivity index (χ4n) is 2.47. The van der Waals surface area contributed by atoms with Crippen molar-refractivity contribution in [2.45, 2.75) is 71.7 Å². The molecule has 1 aliphatic rings. The molecule has 0 fully saturated rings. The first kappa shape index (κ1) is 17.9. The van der Waals surface area contributed by atoms with Gasteiger partial charge in [-0.3, -0.25) is 0 Å². The van der Waals surface area contributed by atoms with E-state index in [0.717, 1.165) is 13.0 Å². The molecule has 0 unspecified atom stereocenters. The summed E-state index contributed by atoms with van der Waals surface area (Å²) in [5.41, 5.74) is 0. The number of hydrogen-bond donors (Lipinski definition) is 1. The maximum Gasteiger partial charge on any atom is 0.191 e. The summed E-state index contributed by atoms with van der Waals surface area (Å²) in [5.74, 6) is 1.33. The van der Waals surface area contributed by atoms with E-state index in [9.17, 15) is 5.11 Å². The Hall–Kier alpha value is -0.123. The molecule has 118 valence electrons. The summed E-state index contributed by atoms with van der Waals surface area (Å²) in [5, 5.41) is 10.5. The summed E-state index contributed by atoms with van der Waals surface area (Å²) >= 11 is 0. The minimum atomic E-state index is -1.68. The molecular formula is C17H34O2Si. The van der Waals surface area contributed by atoms with E-state index in [2.05, 4.69) is 53.8 Å². The van der Waals surface area contributed by atoms with Crippen LogP contribution in [0.3, 0.4) is 0 Å². The fourth-order valence-corrected chi connectivity index (χ4v) is 3.58. The first-order chi connectivity index (χ1) is 9.04. The highest BCUT2D eigenvalue weighted by atomic mass is 28.4. The van der Waals surface area contributed by atoms with Crippen LogP contribution in [0, 0.1) is 17.8 Å². The van der Waals surface area contributed by atoms with Gasteiger partial charge in [-0.1, -0.05) is 46.8 Å². The Kier molecular flexibility index (Phi) is 6.06. The third-order valence-electron chi connectivity index (χ3n) is 5.27. The zero-order valence-electron chi connectivity index (χ0n) is 14.4. The zero-order chi connectivity index (χ0) is 15.6. The van der Waals surface area contributed by atoms with Crippen LogP contribution in [-0.4, -0.2) is 26.1 Å². The normalized spacial score (nSPS) is 30.1. The second-order valence-corrected chi connectivity index (χ2v) is 13.0. The van der Waals surface area contributed by atoms with Gasteiger partial charge in [-0.25, -0.2) is 0 Å². The van der Waals surface area contributed by atoms with Crippen LogP contribution in [0.1, 0.15) is 47.5 Å². The molecule has 4 atom stereocenters. The van der Waals surface area contributed by atoms with Crippen LogP contribution in [0.25, 0.3) is 0 Å². The van der Waals surface area contributed by atoms with Crippen molar-refractivity contribution in [1.82, 2.24) is 0 Å². The number of hydrogen-bond acceptors (Lipinski definition) is 2. The van der Waals surface area contributed by atoms with Crippen LogP contribution in [0.15, 0.2) is 12.2 Å². The van der Waals surface area contributed by atoms with Gasteiger partial charge in [0.1, 0.15) is 0 Å². The van der Waals surface area contributed by atoms with E-state index >= 15 is 0 Å². The van der Waals surface area contributed by atoms with Gasteiger partial charge in [0.2, 0.25) is 0 Å². The van der Waals surface area contributed by atoms with Crippen LogP contribution >= 0.6 is 0 Å². The van der Waals surface area contributed by atoms with Gasteiger partial charge in [0.05, 0.1) is 6.10 Å². The van der Waals surface area contributed by atoms with Crippen molar-refractivity contribution in [3.05, 3.63) is 12.2 Å². The quantitative estimate of drug-likeness (QED) is 0.607. The lowest BCUT2D eigenvalue weighted by Gasteiger charge is -2.38. The summed E-state index contributed by atoms with van der Waals surface area (Å²) in [6.07, 6.45) is 6.11. The Balaban J connectivity index is 2.58. The average molecular weight is 299 g/mol. The maximum atomic E-state index is 10.3. The summed E-state index contributed by atoms with van der Waals surface area (Å²) in [6, 6.07) is 0. The largest absolute Gasteiger partial charge is 0.417 e. The minimum absolute atomic E-state index is 0.253. The zero-order valence-corrected chi connectivity index (χ0v) is 15.4. The van der Waals surface area contributed by atoms with E-state index in [0.29, 0.717) is 17.8 Å². The molecule has 1 rings (SSSR count). The second-order valence-electron chi connectivity index (χ2n) is 8.14. The van der Waals surface area contributed by atoms with E-state index in [4.69, 9.17) is 4.43 Å². The van der Waals surface area contributed by atoms with E-state index in [1.807, 2.05) is 6.08 Å². The average Bonchev–Trinajstić information content (AvgIpc) is 2.48. The van der Waals surface area contributed by atoms with Crippen LogP contribution < -0.4 is 0 Å². The SMILES string of the molecule is C[C@@H]1C=C[C@H](O)[C@H]([C@H](C)CO[Si](C)(C)C(C)(C)C)CC1. The Bertz CT molecular complexity index is 330. The number of aliphatic hydroxyl groups excluding tert-OH is 1. The van der Waals surface area contributed by atoms with Crippen molar-refractivity contribution in [3.8, 4) is 0 Å². The summed E-state index contributed by atoms with van der Waals surface area (Å²) in [6.45, 7) is 16.6. The van der Waals surface area contributed by atoms with Gasteiger partial charge in [0.25, 0.3) is 0 Å². The molecular weight excluding hydrogens is 264 g/mol. The monoisotopic (exact) mass is 298 g/mol. The molecule has 3 heteroatoms. The molecule has 0 amide bonds. The van der Waals surface area contributed by atoms with Gasteiger partial charge in [-0.05, 0) is 48.7 Å². The van der Waals surface area contributed by atoms with Gasteiger partial charge in [0, 0.05) is 6.61 Å². The lowest BCUT2D eigenvalue weighted by molar-refractivity contribution is 0.0830. The molecule has 0 bridgehead atoms. The second kappa shape index (κ2) is 6.76. The molecule has 0 saturated carbocycles. The molecule has 0 heterocycles. The molecule has 0 spiro atoms. The van der Waals surface area contributed by atoms with Crippen LogP contribution in [0.2, 0.25) is 18.1 Å². The molecule has 1 N–H and O–H groups in total. The highest BCUT2D eigenvalue weighted by Crippen LogP contribution is 2.37. The Morgan fingerprint density at radius 1 is 1.25 bits per heavy atom. The van der Waals surface area contributed by atoms with Crippen molar-refractivity contribution in [3.63, 3.8) is 0 Å². The first-order valence-electron chi connectivity index (χ1n) is 8.05. The fraction of sp³-hybridized carbons (Fsp3) is 0.882. The maximum absolute atomic E-state index is 10.3. The lowest BCUT2D eigenvalue weighted by Crippen LogP contribution is -2.42. The predicted octanol–water partition coefficient (Wildman–Crippen LogP) is 4.61. The third kappa shape index (κ3) is 4.71. The van der Waals surface area contributed by atoms with Crippen molar-refractivity contribution in [2.75, 3.05) is 6.61 Å². The smallest absolute Gasteiger partial charge is 0.191 e. The molecule has 0 saturated heterocycles. The molecule has 0 aliphatic heterocycles. The van der Waals surface area contributed by atoms with Crippen molar-refractivity contribution >= 4 is 8.32 Å². The van der Waals surface area contributed by atoms with E-state index in [1.54, 1.807) is 0 Å². The molecule has 0 aromatic carbocycles. The van der Waals surface area contributed by atoms with E-state index in [1.165, 1.54) is 6.42 Å². The summed E-state index contributed by atoms with van der Waals surface area (Å²) in [4.78, 5) is 0. The van der Waals surface area contributed by atoms with E-state index in [-0.39, 0.29) is 11.1 Å². The number of allylic oxidation sites excluding steroid dienone is 1. The van der Waals surface area contributed by atoms with Crippen molar-refractivity contribution in [1.29, 1.82) is 0 Å². The Morgan fingerprint density at radius 2 is 1.85 bits per heavy atom. The first-order valence-corrected chi connectivity index (χ1v) is 11.0. The molecule has 0 aromatic heterocycles. The van der Waals surface area contributed by atoms with Crippen LogP contribution in [0.5, 0.6) is 0 Å². The minimum Gasteiger partial charge on any atom is -0.417 e. The van der Waals surface area contributed by atoms with Crippen molar-refractivity contribution in [2.24, 2.45) is 17.8 Å². The Morgan fingerprint density at radius 3 is 2.40 bits per heavy atom. The highest BCUT2D eigenvalue weighted by molar-refractivity contribution is 6.74. The predicted molar refractivity (Wildman–Crippen MR) is 89.3 cm³/mol. The molecule has 20 heavy (non-hydrogen) atoms. The van der Waals surface area contributed by atoms with Gasteiger partial charge >= 0.3 is 0 Å².